The minimum Gasteiger partial charge on any atom is -0.354 e. The molecule has 0 aliphatic carbocycles. The molecule has 0 spiro atoms. The van der Waals surface area contributed by atoms with Crippen molar-refractivity contribution in [3.63, 3.8) is 0 Å². The summed E-state index contributed by atoms with van der Waals surface area (Å²) >= 11 is 5.98. The topological polar surface area (TPSA) is 84.1 Å². The molecule has 0 aromatic carbocycles. The second kappa shape index (κ2) is 7.73. The number of nitrogens with zero attached hydrogens (tertiary/aromatic N) is 7. The number of piperazine rings is 1. The van der Waals surface area contributed by atoms with E-state index in [0.717, 1.165) is 54.1 Å². The first-order valence-electron chi connectivity index (χ1n) is 9.50. The Hall–Kier alpha value is -3.10. The van der Waals surface area contributed by atoms with Crippen LogP contribution in [0, 0.1) is 0 Å². The summed E-state index contributed by atoms with van der Waals surface area (Å²) < 4.78 is 1.86. The third-order valence-electron chi connectivity index (χ3n) is 4.96. The Morgan fingerprint density at radius 1 is 1.00 bits per heavy atom. The van der Waals surface area contributed by atoms with Gasteiger partial charge in [0.2, 0.25) is 0 Å². The molecule has 2 aliphatic heterocycles. The lowest BCUT2D eigenvalue weighted by atomic mass is 10.2. The zero-order valence-electron chi connectivity index (χ0n) is 15.7. The number of nitrogens with one attached hydrogen (secondary N) is 1. The van der Waals surface area contributed by atoms with Gasteiger partial charge in [-0.25, -0.2) is 14.6 Å². The van der Waals surface area contributed by atoms with Gasteiger partial charge in [0.15, 0.2) is 5.82 Å². The van der Waals surface area contributed by atoms with Gasteiger partial charge in [-0.05, 0) is 12.1 Å². The quantitative estimate of drug-likeness (QED) is 0.683. The molecule has 9 heteroatoms. The molecule has 3 aromatic rings. The van der Waals surface area contributed by atoms with E-state index in [2.05, 4.69) is 36.4 Å². The van der Waals surface area contributed by atoms with E-state index in [-0.39, 0.29) is 0 Å². The van der Waals surface area contributed by atoms with Crippen LogP contribution >= 0.6 is 11.6 Å². The molecule has 1 N–H and O–H groups in total. The van der Waals surface area contributed by atoms with E-state index < -0.39 is 0 Å². The average Bonchev–Trinajstić information content (AvgIpc) is 3.06. The van der Waals surface area contributed by atoms with E-state index in [1.807, 2.05) is 22.9 Å². The molecule has 1 fully saturated rings. The number of pyridine rings is 1. The fourth-order valence-electron chi connectivity index (χ4n) is 3.50. The van der Waals surface area contributed by atoms with Gasteiger partial charge >= 0.3 is 0 Å². The summed E-state index contributed by atoms with van der Waals surface area (Å²) in [7, 11) is 0. The van der Waals surface area contributed by atoms with Crippen molar-refractivity contribution in [1.82, 2.24) is 30.0 Å². The number of anilines is 1. The molecular formula is C20H19ClN8. The molecule has 0 atom stereocenters. The van der Waals surface area contributed by atoms with Gasteiger partial charge in [0.05, 0.1) is 29.7 Å². The summed E-state index contributed by atoms with van der Waals surface area (Å²) in [6, 6.07) is 6.05. The maximum atomic E-state index is 5.98. The minimum absolute atomic E-state index is 0.354. The van der Waals surface area contributed by atoms with Crippen molar-refractivity contribution in [2.75, 3.05) is 31.1 Å². The van der Waals surface area contributed by atoms with Crippen LogP contribution in [-0.2, 0) is 0 Å². The van der Waals surface area contributed by atoms with Crippen LogP contribution < -0.4 is 20.8 Å². The minimum atomic E-state index is 0.354. The molecule has 0 saturated carbocycles. The Labute approximate surface area is 172 Å². The first-order valence-corrected chi connectivity index (χ1v) is 9.88. The summed E-state index contributed by atoms with van der Waals surface area (Å²) in [4.78, 5) is 20.1. The van der Waals surface area contributed by atoms with Crippen molar-refractivity contribution in [2.45, 2.75) is 6.42 Å². The summed E-state index contributed by atoms with van der Waals surface area (Å²) in [5.74, 6) is 1.76. The third-order valence-corrected chi connectivity index (χ3v) is 5.15. The third kappa shape index (κ3) is 3.64. The maximum Gasteiger partial charge on any atom is 0.156 e. The average molecular weight is 407 g/mol. The van der Waals surface area contributed by atoms with Crippen LogP contribution in [0.2, 0.25) is 5.15 Å². The lowest BCUT2D eigenvalue weighted by Crippen LogP contribution is -2.44. The van der Waals surface area contributed by atoms with Crippen LogP contribution in [0.1, 0.15) is 12.1 Å². The molecule has 0 amide bonds. The number of rotatable bonds is 3. The highest BCUT2D eigenvalue weighted by Crippen LogP contribution is 2.13. The van der Waals surface area contributed by atoms with Crippen molar-refractivity contribution in [3.8, 4) is 5.82 Å². The van der Waals surface area contributed by atoms with Gasteiger partial charge in [0.25, 0.3) is 0 Å². The van der Waals surface area contributed by atoms with Crippen LogP contribution in [0.15, 0.2) is 41.8 Å². The lowest BCUT2D eigenvalue weighted by molar-refractivity contribution is 0.584. The van der Waals surface area contributed by atoms with E-state index in [1.165, 1.54) is 6.20 Å². The van der Waals surface area contributed by atoms with Gasteiger partial charge in [-0.1, -0.05) is 23.7 Å². The van der Waals surface area contributed by atoms with Crippen molar-refractivity contribution in [3.05, 3.63) is 58.2 Å². The highest BCUT2D eigenvalue weighted by atomic mass is 35.5. The molecule has 0 unspecified atom stereocenters. The first-order chi connectivity index (χ1) is 14.3. The van der Waals surface area contributed by atoms with Gasteiger partial charge in [-0.3, -0.25) is 9.98 Å². The van der Waals surface area contributed by atoms with E-state index in [1.54, 1.807) is 18.6 Å². The summed E-state index contributed by atoms with van der Waals surface area (Å²) in [5.41, 5.74) is 1.48. The number of hydrogen-bond acceptors (Lipinski definition) is 7. The molecule has 8 nitrogen and oxygen atoms in total. The molecule has 0 radical (unpaired) electrons. The fourth-order valence-corrected chi connectivity index (χ4v) is 3.65. The molecular weight excluding hydrogens is 388 g/mol. The highest BCUT2D eigenvalue weighted by Gasteiger charge is 2.14. The van der Waals surface area contributed by atoms with E-state index in [4.69, 9.17) is 16.6 Å². The van der Waals surface area contributed by atoms with Crippen LogP contribution in [0.5, 0.6) is 0 Å². The van der Waals surface area contributed by atoms with Crippen molar-refractivity contribution >= 4 is 35.4 Å². The van der Waals surface area contributed by atoms with Gasteiger partial charge in [-0.15, -0.1) is 0 Å². The molecule has 5 heterocycles. The number of halogens is 1. The maximum absolute atomic E-state index is 5.98. The van der Waals surface area contributed by atoms with Crippen LogP contribution in [0.25, 0.3) is 18.1 Å². The lowest BCUT2D eigenvalue weighted by Gasteiger charge is -2.28. The normalized spacial score (nSPS) is 16.3. The standard InChI is InChI=1S/C20H19ClN8/c21-18-13-23-12-16(26-18)15-4-5-17-14(10-24-15)11-25-29(17)20-3-1-2-19(27-20)28-8-6-22-7-9-28/h1-3,5,10-13,22H,4,6-9H2. The summed E-state index contributed by atoms with van der Waals surface area (Å²) in [6.45, 7) is 3.84. The Morgan fingerprint density at radius 2 is 1.86 bits per heavy atom. The van der Waals surface area contributed by atoms with Crippen molar-refractivity contribution in [1.29, 1.82) is 0 Å². The number of fused-ring (bicyclic) bond motifs is 1. The molecule has 0 bridgehead atoms. The first kappa shape index (κ1) is 18.0. The highest BCUT2D eigenvalue weighted by molar-refractivity contribution is 6.29. The Bertz CT molecular complexity index is 1190. The molecule has 5 rings (SSSR count). The number of aliphatic imine (C=N–C) groups is 1. The zero-order chi connectivity index (χ0) is 19.6. The number of aromatic nitrogens is 5. The predicted octanol–water partition coefficient (Wildman–Crippen LogP) is 0.532. The van der Waals surface area contributed by atoms with Crippen LogP contribution in [0.3, 0.4) is 0 Å². The largest absolute Gasteiger partial charge is 0.354 e. The summed E-state index contributed by atoms with van der Waals surface area (Å²) in [6.07, 6.45) is 9.49. The fraction of sp³-hybridized carbons (Fsp3) is 0.250. The van der Waals surface area contributed by atoms with Gasteiger partial charge < -0.3 is 10.2 Å². The van der Waals surface area contributed by atoms with Gasteiger partial charge in [0.1, 0.15) is 16.7 Å². The second-order valence-electron chi connectivity index (χ2n) is 6.83. The molecule has 1 saturated heterocycles. The van der Waals surface area contributed by atoms with Crippen LogP contribution in [0.4, 0.5) is 5.82 Å². The van der Waals surface area contributed by atoms with Crippen molar-refractivity contribution < 1.29 is 0 Å². The van der Waals surface area contributed by atoms with Crippen LogP contribution in [-0.4, -0.2) is 56.6 Å². The van der Waals surface area contributed by atoms with E-state index >= 15 is 0 Å². The smallest absolute Gasteiger partial charge is 0.156 e. The molecule has 29 heavy (non-hydrogen) atoms. The van der Waals surface area contributed by atoms with Gasteiger partial charge in [-0.2, -0.15) is 5.10 Å². The SMILES string of the molecule is Clc1cncc(C2=NC=c3cnn(-c4cccc(N5CCNCC5)n4)c3=CC2)n1. The molecule has 146 valence electrons. The Kier molecular flexibility index (Phi) is 4.79. The number of hydrogen-bond donors (Lipinski definition) is 1. The molecule has 2 aliphatic rings. The monoisotopic (exact) mass is 406 g/mol. The predicted molar refractivity (Wildman–Crippen MR) is 113 cm³/mol. The van der Waals surface area contributed by atoms with E-state index in [9.17, 15) is 0 Å². The van der Waals surface area contributed by atoms with Gasteiger partial charge in [0, 0.05) is 44.0 Å². The summed E-state index contributed by atoms with van der Waals surface area (Å²) in [5, 5.41) is 10.2. The Morgan fingerprint density at radius 3 is 2.72 bits per heavy atom. The zero-order valence-corrected chi connectivity index (χ0v) is 16.4. The van der Waals surface area contributed by atoms with Crippen molar-refractivity contribution in [2.24, 2.45) is 4.99 Å². The Balaban J connectivity index is 1.49. The van der Waals surface area contributed by atoms with E-state index in [0.29, 0.717) is 17.3 Å². The second-order valence-corrected chi connectivity index (χ2v) is 7.22. The molecule has 3 aromatic heterocycles.